The quantitative estimate of drug-likeness (QED) is 0.487. The molecule has 2 atom stereocenters. The van der Waals surface area contributed by atoms with Crippen molar-refractivity contribution < 1.29 is 4.79 Å². The van der Waals surface area contributed by atoms with Gasteiger partial charge in [-0.15, -0.1) is 0 Å². The maximum absolute atomic E-state index is 13.2. The van der Waals surface area contributed by atoms with Crippen LogP contribution in [-0.2, 0) is 17.6 Å². The van der Waals surface area contributed by atoms with E-state index in [1.807, 2.05) is 13.0 Å². The average Bonchev–Trinajstić information content (AvgIpc) is 2.86. The summed E-state index contributed by atoms with van der Waals surface area (Å²) in [5.41, 5.74) is 6.07. The van der Waals surface area contributed by atoms with E-state index in [-0.39, 0.29) is 11.8 Å². The van der Waals surface area contributed by atoms with E-state index in [0.29, 0.717) is 11.7 Å². The number of likely N-dealkylation sites (tertiary alicyclic amines) is 1. The molecule has 174 valence electrons. The summed E-state index contributed by atoms with van der Waals surface area (Å²) in [7, 11) is 0. The van der Waals surface area contributed by atoms with Gasteiger partial charge in [0.1, 0.15) is 5.78 Å². The van der Waals surface area contributed by atoms with Crippen molar-refractivity contribution in [3.8, 4) is 6.07 Å². The SMILES string of the molecule is CCC(CCCN1CCC(C(=O)C2CCc3ccccc3C2)CC1)c1ccc(C#N)c(C)c1. The number of benzene rings is 2. The maximum Gasteiger partial charge on any atom is 0.139 e. The molecule has 1 saturated heterocycles. The molecule has 0 spiro atoms. The van der Waals surface area contributed by atoms with Gasteiger partial charge in [0.15, 0.2) is 0 Å². The highest BCUT2D eigenvalue weighted by Crippen LogP contribution is 2.31. The van der Waals surface area contributed by atoms with Crippen molar-refractivity contribution in [3.63, 3.8) is 0 Å². The fourth-order valence-electron chi connectivity index (χ4n) is 5.95. The number of nitriles is 1. The second kappa shape index (κ2) is 11.1. The third-order valence-electron chi connectivity index (χ3n) is 8.10. The molecule has 2 aliphatic rings. The molecule has 0 aromatic heterocycles. The minimum absolute atomic E-state index is 0.234. The highest BCUT2D eigenvalue weighted by Gasteiger charge is 2.32. The number of ketones is 1. The monoisotopic (exact) mass is 442 g/mol. The molecule has 0 saturated carbocycles. The lowest BCUT2D eigenvalue weighted by Crippen LogP contribution is -2.39. The molecule has 1 fully saturated rings. The molecule has 3 heteroatoms. The fraction of sp³-hybridized carbons (Fsp3) is 0.533. The van der Waals surface area contributed by atoms with E-state index in [0.717, 1.165) is 69.3 Å². The first-order chi connectivity index (χ1) is 16.1. The molecular formula is C30H38N2O. The van der Waals surface area contributed by atoms with Gasteiger partial charge >= 0.3 is 0 Å². The van der Waals surface area contributed by atoms with E-state index >= 15 is 0 Å². The summed E-state index contributed by atoms with van der Waals surface area (Å²) in [6, 6.07) is 17.2. The molecule has 4 rings (SSSR count). The van der Waals surface area contributed by atoms with E-state index < -0.39 is 0 Å². The number of aryl methyl sites for hydroxylation is 2. The zero-order valence-electron chi connectivity index (χ0n) is 20.4. The number of hydrogen-bond donors (Lipinski definition) is 0. The molecule has 0 N–H and O–H groups in total. The van der Waals surface area contributed by atoms with Gasteiger partial charge in [0.05, 0.1) is 11.6 Å². The molecule has 0 amide bonds. The standard InChI is InChI=1S/C30H38N2O/c1-3-23(27-11-13-29(21-31)22(2)19-27)9-6-16-32-17-14-25(15-18-32)30(33)28-12-10-24-7-4-5-8-26(24)20-28/h4-5,7-8,11,13,19,23,25,28H,3,6,9-10,12,14-18,20H2,1-2H3. The summed E-state index contributed by atoms with van der Waals surface area (Å²) >= 11 is 0. The van der Waals surface area contributed by atoms with Crippen LogP contribution in [0.3, 0.4) is 0 Å². The van der Waals surface area contributed by atoms with Crippen LogP contribution in [0.2, 0.25) is 0 Å². The lowest BCUT2D eigenvalue weighted by molar-refractivity contribution is -0.128. The molecule has 33 heavy (non-hydrogen) atoms. The lowest BCUT2D eigenvalue weighted by atomic mass is 9.76. The van der Waals surface area contributed by atoms with Gasteiger partial charge in [-0.05, 0) is 112 Å². The molecule has 2 aromatic rings. The number of Topliss-reactive ketones (excluding diaryl/α,β-unsaturated/α-hetero) is 1. The Labute approximate surface area is 199 Å². The van der Waals surface area contributed by atoms with Crippen molar-refractivity contribution in [3.05, 3.63) is 70.3 Å². The van der Waals surface area contributed by atoms with Gasteiger partial charge in [-0.2, -0.15) is 5.26 Å². The van der Waals surface area contributed by atoms with Crippen molar-refractivity contribution in [2.24, 2.45) is 11.8 Å². The van der Waals surface area contributed by atoms with Gasteiger partial charge in [-0.1, -0.05) is 43.3 Å². The zero-order chi connectivity index (χ0) is 23.2. The minimum Gasteiger partial charge on any atom is -0.303 e. The first kappa shape index (κ1) is 23.7. The topological polar surface area (TPSA) is 44.1 Å². The van der Waals surface area contributed by atoms with E-state index in [1.165, 1.54) is 29.5 Å². The first-order valence-corrected chi connectivity index (χ1v) is 12.9. The molecule has 0 bridgehead atoms. The highest BCUT2D eigenvalue weighted by molar-refractivity contribution is 5.84. The van der Waals surface area contributed by atoms with Gasteiger partial charge in [-0.25, -0.2) is 0 Å². The molecular weight excluding hydrogens is 404 g/mol. The highest BCUT2D eigenvalue weighted by atomic mass is 16.1. The molecule has 2 aromatic carbocycles. The minimum atomic E-state index is 0.234. The predicted molar refractivity (Wildman–Crippen MR) is 134 cm³/mol. The van der Waals surface area contributed by atoms with Crippen molar-refractivity contribution in [1.29, 1.82) is 5.26 Å². The number of carbonyl (C=O) groups is 1. The first-order valence-electron chi connectivity index (χ1n) is 12.9. The third-order valence-corrected chi connectivity index (χ3v) is 8.10. The Morgan fingerprint density at radius 2 is 1.85 bits per heavy atom. The molecule has 3 nitrogen and oxygen atoms in total. The Morgan fingerprint density at radius 3 is 2.55 bits per heavy atom. The van der Waals surface area contributed by atoms with E-state index in [9.17, 15) is 10.1 Å². The number of fused-ring (bicyclic) bond motifs is 1. The Bertz CT molecular complexity index is 997. The van der Waals surface area contributed by atoms with Gasteiger partial charge in [-0.3, -0.25) is 4.79 Å². The van der Waals surface area contributed by atoms with E-state index in [4.69, 9.17) is 0 Å². The van der Waals surface area contributed by atoms with Crippen LogP contribution in [0.15, 0.2) is 42.5 Å². The van der Waals surface area contributed by atoms with Gasteiger partial charge in [0, 0.05) is 11.8 Å². The summed E-state index contributed by atoms with van der Waals surface area (Å²) in [6.45, 7) is 7.55. The number of carbonyl (C=O) groups excluding carboxylic acids is 1. The zero-order valence-corrected chi connectivity index (χ0v) is 20.4. The lowest BCUT2D eigenvalue weighted by Gasteiger charge is -2.34. The molecule has 1 aliphatic carbocycles. The Hall–Kier alpha value is -2.44. The van der Waals surface area contributed by atoms with Gasteiger partial charge in [0.2, 0.25) is 0 Å². The largest absolute Gasteiger partial charge is 0.303 e. The van der Waals surface area contributed by atoms with Crippen molar-refractivity contribution in [2.45, 2.75) is 71.1 Å². The number of piperidine rings is 1. The van der Waals surface area contributed by atoms with Gasteiger partial charge in [0.25, 0.3) is 0 Å². The number of hydrogen-bond acceptors (Lipinski definition) is 3. The Balaban J connectivity index is 1.21. The van der Waals surface area contributed by atoms with Crippen LogP contribution in [-0.4, -0.2) is 30.3 Å². The molecule has 2 unspecified atom stereocenters. The second-order valence-electron chi connectivity index (χ2n) is 10.2. The van der Waals surface area contributed by atoms with Crippen LogP contribution in [0.1, 0.15) is 79.2 Å². The summed E-state index contributed by atoms with van der Waals surface area (Å²) in [6.07, 6.45) is 8.60. The predicted octanol–water partition coefficient (Wildman–Crippen LogP) is 6.23. The van der Waals surface area contributed by atoms with Crippen molar-refractivity contribution in [1.82, 2.24) is 4.90 Å². The molecule has 0 radical (unpaired) electrons. The van der Waals surface area contributed by atoms with Crippen molar-refractivity contribution >= 4 is 5.78 Å². The summed E-state index contributed by atoms with van der Waals surface area (Å²) in [5.74, 6) is 1.59. The Morgan fingerprint density at radius 1 is 1.09 bits per heavy atom. The second-order valence-corrected chi connectivity index (χ2v) is 10.2. The van der Waals surface area contributed by atoms with E-state index in [1.54, 1.807) is 0 Å². The van der Waals surface area contributed by atoms with Crippen LogP contribution >= 0.6 is 0 Å². The fourth-order valence-corrected chi connectivity index (χ4v) is 5.95. The van der Waals surface area contributed by atoms with E-state index in [2.05, 4.69) is 54.3 Å². The van der Waals surface area contributed by atoms with Crippen LogP contribution in [0.25, 0.3) is 0 Å². The van der Waals surface area contributed by atoms with Crippen LogP contribution in [0.5, 0.6) is 0 Å². The van der Waals surface area contributed by atoms with Crippen LogP contribution in [0, 0.1) is 30.1 Å². The van der Waals surface area contributed by atoms with Crippen LogP contribution < -0.4 is 0 Å². The maximum atomic E-state index is 13.2. The van der Waals surface area contributed by atoms with Crippen molar-refractivity contribution in [2.75, 3.05) is 19.6 Å². The van der Waals surface area contributed by atoms with Gasteiger partial charge < -0.3 is 4.90 Å². The average molecular weight is 443 g/mol. The third kappa shape index (κ3) is 5.74. The molecule has 1 aliphatic heterocycles. The number of nitrogens with zero attached hydrogens (tertiary/aromatic N) is 2. The summed E-state index contributed by atoms with van der Waals surface area (Å²) in [5, 5.41) is 9.18. The summed E-state index contributed by atoms with van der Waals surface area (Å²) < 4.78 is 0. The van der Waals surface area contributed by atoms with Crippen LogP contribution in [0.4, 0.5) is 0 Å². The summed E-state index contributed by atoms with van der Waals surface area (Å²) in [4.78, 5) is 15.8. The smallest absolute Gasteiger partial charge is 0.139 e. The Kier molecular flexibility index (Phi) is 7.99. The number of rotatable bonds is 8. The normalized spacial score (nSPS) is 20.1. The molecule has 1 heterocycles.